The van der Waals surface area contributed by atoms with Crippen LogP contribution in [0.4, 0.5) is 0 Å². The molecule has 2 aromatic heterocycles. The van der Waals surface area contributed by atoms with Gasteiger partial charge in [0.2, 0.25) is 0 Å². The van der Waals surface area contributed by atoms with E-state index in [1.54, 1.807) is 34.9 Å². The number of rotatable bonds is 5. The second-order valence-corrected chi connectivity index (χ2v) is 8.73. The minimum Gasteiger partial charge on any atom is -0.292 e. The van der Waals surface area contributed by atoms with Gasteiger partial charge in [0.15, 0.2) is 10.9 Å². The molecule has 3 aromatic rings. The molecule has 2 heterocycles. The molecule has 0 saturated heterocycles. The molecule has 0 fully saturated rings. The van der Waals surface area contributed by atoms with Crippen LogP contribution in [0.1, 0.15) is 29.6 Å². The lowest BCUT2D eigenvalue weighted by Crippen LogP contribution is -2.25. The number of nitrogens with zero attached hydrogens (tertiary/aromatic N) is 2. The highest BCUT2D eigenvalue weighted by atomic mass is 35.5. The molecule has 0 atom stereocenters. The van der Waals surface area contributed by atoms with Gasteiger partial charge in [0, 0.05) is 11.1 Å². The van der Waals surface area contributed by atoms with E-state index < -0.39 is 0 Å². The van der Waals surface area contributed by atoms with Crippen LogP contribution in [0.2, 0.25) is 9.36 Å². The van der Waals surface area contributed by atoms with Crippen molar-refractivity contribution in [2.45, 2.75) is 25.0 Å². The number of ketones is 1. The lowest BCUT2D eigenvalue weighted by molar-refractivity contribution is 0.102. The van der Waals surface area contributed by atoms with E-state index in [0.29, 0.717) is 30.3 Å². The average Bonchev–Trinajstić information content (AvgIpc) is 2.98. The molecule has 0 saturated carbocycles. The van der Waals surface area contributed by atoms with Crippen LogP contribution in [0.15, 0.2) is 40.3 Å². The van der Waals surface area contributed by atoms with Crippen LogP contribution >= 0.6 is 46.3 Å². The Morgan fingerprint density at radius 1 is 1.28 bits per heavy atom. The standard InChI is InChI=1S/C17H14Cl2N2O2S2/c1-9(2)21-16(23)11-4-3-10(18)7-12(11)20-17(21)24-8-13(22)14-5-6-15(19)25-14/h3-7,9H,8H2,1-2H3. The van der Waals surface area contributed by atoms with Crippen molar-refractivity contribution in [3.8, 4) is 0 Å². The van der Waals surface area contributed by atoms with Crippen molar-refractivity contribution in [2.24, 2.45) is 0 Å². The molecular formula is C17H14Cl2N2O2S2. The normalized spacial score (nSPS) is 11.4. The van der Waals surface area contributed by atoms with E-state index in [0.717, 1.165) is 0 Å². The maximum absolute atomic E-state index is 12.8. The third-order valence-electron chi connectivity index (χ3n) is 3.53. The molecule has 1 aromatic carbocycles. The number of thiophene rings is 1. The van der Waals surface area contributed by atoms with Gasteiger partial charge in [-0.15, -0.1) is 11.3 Å². The van der Waals surface area contributed by atoms with E-state index in [1.165, 1.54) is 23.1 Å². The third kappa shape index (κ3) is 3.92. The Bertz CT molecular complexity index is 1010. The fourth-order valence-corrected chi connectivity index (χ4v) is 4.62. The smallest absolute Gasteiger partial charge is 0.262 e. The number of hydrogen-bond acceptors (Lipinski definition) is 5. The van der Waals surface area contributed by atoms with Gasteiger partial charge in [-0.05, 0) is 44.2 Å². The van der Waals surface area contributed by atoms with Crippen LogP contribution in [-0.4, -0.2) is 21.1 Å². The minimum atomic E-state index is -0.134. The summed E-state index contributed by atoms with van der Waals surface area (Å²) in [5, 5.41) is 1.53. The molecule has 0 aliphatic carbocycles. The Morgan fingerprint density at radius 3 is 2.68 bits per heavy atom. The van der Waals surface area contributed by atoms with Gasteiger partial charge in [-0.3, -0.25) is 14.2 Å². The van der Waals surface area contributed by atoms with E-state index in [9.17, 15) is 9.59 Å². The number of carbonyl (C=O) groups is 1. The van der Waals surface area contributed by atoms with E-state index in [4.69, 9.17) is 23.2 Å². The maximum atomic E-state index is 12.8. The number of thioether (sulfide) groups is 1. The zero-order chi connectivity index (χ0) is 18.1. The Hall–Kier alpha value is -1.34. The highest BCUT2D eigenvalue weighted by Crippen LogP contribution is 2.26. The highest BCUT2D eigenvalue weighted by Gasteiger charge is 2.17. The fourth-order valence-electron chi connectivity index (χ4n) is 2.37. The number of carbonyl (C=O) groups excluding carboxylic acids is 1. The van der Waals surface area contributed by atoms with E-state index in [2.05, 4.69) is 4.98 Å². The summed E-state index contributed by atoms with van der Waals surface area (Å²) < 4.78 is 2.18. The van der Waals surface area contributed by atoms with Gasteiger partial charge in [-0.25, -0.2) is 4.98 Å². The van der Waals surface area contributed by atoms with Gasteiger partial charge < -0.3 is 0 Å². The number of aromatic nitrogens is 2. The van der Waals surface area contributed by atoms with Crippen molar-refractivity contribution in [1.29, 1.82) is 0 Å². The molecule has 0 amide bonds. The molecular weight excluding hydrogens is 399 g/mol. The lowest BCUT2D eigenvalue weighted by Gasteiger charge is -2.15. The van der Waals surface area contributed by atoms with Crippen LogP contribution < -0.4 is 5.56 Å². The summed E-state index contributed by atoms with van der Waals surface area (Å²) >= 11 is 14.4. The summed E-state index contributed by atoms with van der Waals surface area (Å²) in [6.07, 6.45) is 0. The predicted molar refractivity (Wildman–Crippen MR) is 106 cm³/mol. The van der Waals surface area contributed by atoms with Crippen molar-refractivity contribution in [1.82, 2.24) is 9.55 Å². The monoisotopic (exact) mass is 412 g/mol. The van der Waals surface area contributed by atoms with Crippen molar-refractivity contribution in [3.05, 3.63) is 54.9 Å². The van der Waals surface area contributed by atoms with Crippen molar-refractivity contribution >= 4 is 63.0 Å². The number of hydrogen-bond donors (Lipinski definition) is 0. The Balaban J connectivity index is 1.98. The number of Topliss-reactive ketones (excluding diaryl/α,β-unsaturated/α-hetero) is 1. The largest absolute Gasteiger partial charge is 0.292 e. The molecule has 3 rings (SSSR count). The van der Waals surface area contributed by atoms with Gasteiger partial charge in [0.05, 0.1) is 25.9 Å². The second kappa shape index (κ2) is 7.50. The van der Waals surface area contributed by atoms with Crippen LogP contribution in [0, 0.1) is 0 Å². The maximum Gasteiger partial charge on any atom is 0.262 e. The molecule has 0 aliphatic rings. The first-order chi connectivity index (χ1) is 11.9. The molecule has 0 bridgehead atoms. The Labute approximate surface area is 162 Å². The van der Waals surface area contributed by atoms with Crippen molar-refractivity contribution in [3.63, 3.8) is 0 Å². The Morgan fingerprint density at radius 2 is 2.04 bits per heavy atom. The second-order valence-electron chi connectivity index (χ2n) is 5.64. The third-order valence-corrected chi connectivity index (χ3v) is 5.99. The van der Waals surface area contributed by atoms with Crippen LogP contribution in [0.25, 0.3) is 10.9 Å². The zero-order valence-corrected chi connectivity index (χ0v) is 16.6. The summed E-state index contributed by atoms with van der Waals surface area (Å²) in [5.41, 5.74) is 0.398. The van der Waals surface area contributed by atoms with E-state index in [1.807, 2.05) is 13.8 Å². The average molecular weight is 413 g/mol. The first kappa shape index (κ1) is 18.5. The Kier molecular flexibility index (Phi) is 5.53. The van der Waals surface area contributed by atoms with E-state index in [-0.39, 0.29) is 23.1 Å². The number of fused-ring (bicyclic) bond motifs is 1. The fraction of sp³-hybridized carbons (Fsp3) is 0.235. The van der Waals surface area contributed by atoms with Gasteiger partial charge in [0.25, 0.3) is 5.56 Å². The molecule has 0 radical (unpaired) electrons. The summed E-state index contributed by atoms with van der Waals surface area (Å²) in [6, 6.07) is 8.35. The van der Waals surface area contributed by atoms with Crippen LogP contribution in [-0.2, 0) is 0 Å². The first-order valence-corrected chi connectivity index (χ1v) is 10.1. The summed E-state index contributed by atoms with van der Waals surface area (Å²) in [6.45, 7) is 3.82. The van der Waals surface area contributed by atoms with Gasteiger partial charge >= 0.3 is 0 Å². The van der Waals surface area contributed by atoms with E-state index >= 15 is 0 Å². The van der Waals surface area contributed by atoms with Gasteiger partial charge in [0.1, 0.15) is 0 Å². The van der Waals surface area contributed by atoms with Crippen LogP contribution in [0.3, 0.4) is 0 Å². The predicted octanol–water partition coefficient (Wildman–Crippen LogP) is 5.32. The molecule has 8 heteroatoms. The van der Waals surface area contributed by atoms with Gasteiger partial charge in [-0.2, -0.15) is 0 Å². The molecule has 130 valence electrons. The minimum absolute atomic E-state index is 0.0438. The van der Waals surface area contributed by atoms with Crippen molar-refractivity contribution < 1.29 is 4.79 Å². The molecule has 0 spiro atoms. The molecule has 0 unspecified atom stereocenters. The first-order valence-electron chi connectivity index (χ1n) is 7.50. The summed E-state index contributed by atoms with van der Waals surface area (Å²) in [7, 11) is 0. The highest BCUT2D eigenvalue weighted by molar-refractivity contribution is 7.99. The summed E-state index contributed by atoms with van der Waals surface area (Å²) in [4.78, 5) is 30.2. The van der Waals surface area contributed by atoms with Gasteiger partial charge in [-0.1, -0.05) is 35.0 Å². The number of halogens is 2. The van der Waals surface area contributed by atoms with Crippen LogP contribution in [0.5, 0.6) is 0 Å². The summed E-state index contributed by atoms with van der Waals surface area (Å²) in [5.74, 6) is 0.139. The molecule has 25 heavy (non-hydrogen) atoms. The lowest BCUT2D eigenvalue weighted by atomic mass is 10.2. The number of benzene rings is 1. The topological polar surface area (TPSA) is 52.0 Å². The van der Waals surface area contributed by atoms with Crippen molar-refractivity contribution in [2.75, 3.05) is 5.75 Å². The SMILES string of the molecule is CC(C)n1c(SCC(=O)c2ccc(Cl)s2)nc2cc(Cl)ccc2c1=O. The molecule has 0 aliphatic heterocycles. The molecule has 0 N–H and O–H groups in total. The zero-order valence-electron chi connectivity index (χ0n) is 13.5. The molecule has 4 nitrogen and oxygen atoms in total. The quantitative estimate of drug-likeness (QED) is 0.323.